The molecule has 0 saturated carbocycles. The number of carbonyl (C=O) groups excluding carboxylic acids is 2. The van der Waals surface area contributed by atoms with Gasteiger partial charge in [-0.2, -0.15) is 10.2 Å². The van der Waals surface area contributed by atoms with Crippen LogP contribution in [0.3, 0.4) is 0 Å². The van der Waals surface area contributed by atoms with Crippen molar-refractivity contribution in [1.29, 1.82) is 5.26 Å². The summed E-state index contributed by atoms with van der Waals surface area (Å²) < 4.78 is 11.0. The third kappa shape index (κ3) is 4.72. The van der Waals surface area contributed by atoms with Crippen LogP contribution in [-0.4, -0.2) is 41.4 Å². The van der Waals surface area contributed by atoms with Crippen molar-refractivity contribution in [2.75, 3.05) is 29.9 Å². The van der Waals surface area contributed by atoms with Gasteiger partial charge in [-0.25, -0.2) is 0 Å². The number of anilines is 2. The number of furan rings is 1. The maximum Gasteiger partial charge on any atom is 0.266 e. The van der Waals surface area contributed by atoms with Gasteiger partial charge in [-0.3, -0.25) is 14.6 Å². The number of hydrogen-bond donors (Lipinski definition) is 2. The normalized spacial score (nSPS) is 14.1. The number of piperidine rings is 1. The average Bonchev–Trinajstić information content (AvgIpc) is 3.48. The number of hydrogen-bond acceptors (Lipinski definition) is 8. The number of oxazole rings is 1. The Morgan fingerprint density at radius 3 is 2.77 bits per heavy atom. The first-order valence-electron chi connectivity index (χ1n) is 9.81. The first-order chi connectivity index (χ1) is 15.1. The second-order valence-corrected chi connectivity index (χ2v) is 7.03. The molecule has 4 rings (SSSR count). The van der Waals surface area contributed by atoms with Gasteiger partial charge in [0.05, 0.1) is 24.7 Å². The van der Waals surface area contributed by atoms with E-state index in [2.05, 4.69) is 20.6 Å². The zero-order chi connectivity index (χ0) is 21.6. The maximum atomic E-state index is 12.5. The van der Waals surface area contributed by atoms with Crippen molar-refractivity contribution in [3.63, 3.8) is 0 Å². The molecule has 31 heavy (non-hydrogen) atoms. The number of nitriles is 1. The van der Waals surface area contributed by atoms with Gasteiger partial charge in [-0.1, -0.05) is 0 Å². The van der Waals surface area contributed by atoms with Gasteiger partial charge in [0, 0.05) is 25.2 Å². The molecule has 0 spiro atoms. The Morgan fingerprint density at radius 1 is 1.26 bits per heavy atom. The van der Waals surface area contributed by atoms with E-state index in [0.717, 1.165) is 0 Å². The van der Waals surface area contributed by atoms with E-state index >= 15 is 0 Å². The van der Waals surface area contributed by atoms with Gasteiger partial charge in [0.1, 0.15) is 6.07 Å². The lowest BCUT2D eigenvalue weighted by Crippen LogP contribution is -2.42. The fourth-order valence-corrected chi connectivity index (χ4v) is 3.40. The highest BCUT2D eigenvalue weighted by Gasteiger charge is 2.29. The Kier molecular flexibility index (Phi) is 5.93. The number of nitrogens with zero attached hydrogens (tertiary/aromatic N) is 4. The lowest BCUT2D eigenvalue weighted by molar-refractivity contribution is -0.127. The van der Waals surface area contributed by atoms with Crippen LogP contribution in [0.25, 0.3) is 11.7 Å². The lowest BCUT2D eigenvalue weighted by atomic mass is 9.96. The molecule has 3 aromatic heterocycles. The van der Waals surface area contributed by atoms with Crippen LogP contribution in [0.2, 0.25) is 0 Å². The van der Waals surface area contributed by atoms with Crippen molar-refractivity contribution < 1.29 is 18.4 Å². The van der Waals surface area contributed by atoms with Crippen LogP contribution in [0, 0.1) is 17.2 Å². The minimum Gasteiger partial charge on any atom is -0.459 e. The van der Waals surface area contributed by atoms with Crippen LogP contribution < -0.4 is 15.5 Å². The second-order valence-electron chi connectivity index (χ2n) is 7.03. The monoisotopic (exact) mass is 420 g/mol. The van der Waals surface area contributed by atoms with Crippen molar-refractivity contribution in [1.82, 2.24) is 15.3 Å². The van der Waals surface area contributed by atoms with E-state index in [4.69, 9.17) is 8.83 Å². The van der Waals surface area contributed by atoms with Crippen molar-refractivity contribution >= 4 is 23.4 Å². The van der Waals surface area contributed by atoms with Crippen molar-refractivity contribution in [3.05, 3.63) is 48.6 Å². The Balaban J connectivity index is 1.29. The van der Waals surface area contributed by atoms with Gasteiger partial charge in [0.25, 0.3) is 5.89 Å². The molecule has 1 saturated heterocycles. The van der Waals surface area contributed by atoms with Gasteiger partial charge in [0.15, 0.2) is 5.76 Å². The van der Waals surface area contributed by atoms with Gasteiger partial charge in [-0.05, 0) is 37.1 Å². The number of pyridine rings is 1. The fraction of sp³-hybridized carbons (Fsp3) is 0.286. The molecule has 0 atom stereocenters. The number of rotatable bonds is 6. The Labute approximate surface area is 177 Å². The Hall–Kier alpha value is -4.13. The molecule has 10 heteroatoms. The maximum absolute atomic E-state index is 12.5. The predicted octanol–water partition coefficient (Wildman–Crippen LogP) is 2.17. The summed E-state index contributed by atoms with van der Waals surface area (Å²) in [6.45, 7) is 0.948. The molecule has 0 radical (unpaired) electrons. The van der Waals surface area contributed by atoms with E-state index in [-0.39, 0.29) is 35.9 Å². The molecule has 4 heterocycles. The molecule has 0 bridgehead atoms. The molecule has 1 aliphatic heterocycles. The molecule has 2 amide bonds. The Morgan fingerprint density at radius 2 is 2.10 bits per heavy atom. The highest BCUT2D eigenvalue weighted by Crippen LogP contribution is 2.31. The molecular formula is C21H20N6O4. The van der Waals surface area contributed by atoms with Crippen LogP contribution in [0.1, 0.15) is 18.5 Å². The highest BCUT2D eigenvalue weighted by atomic mass is 16.4. The third-order valence-electron chi connectivity index (χ3n) is 4.97. The first-order valence-corrected chi connectivity index (χ1v) is 9.81. The summed E-state index contributed by atoms with van der Waals surface area (Å²) in [6.07, 6.45) is 5.79. The van der Waals surface area contributed by atoms with Crippen LogP contribution in [0.15, 0.2) is 51.8 Å². The van der Waals surface area contributed by atoms with E-state index in [1.807, 2.05) is 11.0 Å². The largest absolute Gasteiger partial charge is 0.459 e. The van der Waals surface area contributed by atoms with Gasteiger partial charge in [-0.15, -0.1) is 0 Å². The van der Waals surface area contributed by atoms with Crippen LogP contribution >= 0.6 is 0 Å². The van der Waals surface area contributed by atoms with Crippen molar-refractivity contribution in [2.45, 2.75) is 12.8 Å². The van der Waals surface area contributed by atoms with Crippen LogP contribution in [0.4, 0.5) is 11.6 Å². The fourth-order valence-electron chi connectivity index (χ4n) is 3.40. The van der Waals surface area contributed by atoms with E-state index in [9.17, 15) is 14.9 Å². The number of carbonyl (C=O) groups is 2. The summed E-state index contributed by atoms with van der Waals surface area (Å²) in [5.74, 6) is 0.363. The van der Waals surface area contributed by atoms with E-state index < -0.39 is 0 Å². The molecule has 3 aromatic rings. The quantitative estimate of drug-likeness (QED) is 0.619. The van der Waals surface area contributed by atoms with Crippen molar-refractivity contribution in [3.8, 4) is 17.7 Å². The number of amides is 2. The van der Waals surface area contributed by atoms with E-state index in [0.29, 0.717) is 43.3 Å². The third-order valence-corrected chi connectivity index (χ3v) is 4.97. The van der Waals surface area contributed by atoms with Crippen LogP contribution in [0.5, 0.6) is 0 Å². The summed E-state index contributed by atoms with van der Waals surface area (Å²) in [6, 6.07) is 8.90. The molecule has 1 aliphatic rings. The summed E-state index contributed by atoms with van der Waals surface area (Å²) in [5, 5.41) is 14.7. The van der Waals surface area contributed by atoms with Gasteiger partial charge < -0.3 is 24.4 Å². The minimum atomic E-state index is -0.315. The standard InChI is InChI=1S/C21H20N6O4/c22-11-16-21(31-20(26-16)17-4-2-10-30-17)27-8-5-14(6-9-27)19(29)24-13-18(28)25-15-3-1-7-23-12-15/h1-4,7,10,12,14H,5-6,8-9,13H2,(H,24,29)(H,25,28). The zero-order valence-corrected chi connectivity index (χ0v) is 16.6. The number of nitrogens with one attached hydrogen (secondary N) is 2. The SMILES string of the molecule is N#Cc1nc(-c2ccco2)oc1N1CCC(C(=O)NCC(=O)Nc2cccnc2)CC1. The van der Waals surface area contributed by atoms with Gasteiger partial charge in [0.2, 0.25) is 23.4 Å². The lowest BCUT2D eigenvalue weighted by Gasteiger charge is -2.30. The molecule has 0 aliphatic carbocycles. The predicted molar refractivity (Wildman–Crippen MR) is 110 cm³/mol. The summed E-state index contributed by atoms with van der Waals surface area (Å²) in [4.78, 5) is 34.5. The smallest absolute Gasteiger partial charge is 0.266 e. The molecule has 10 nitrogen and oxygen atoms in total. The molecule has 158 valence electrons. The second kappa shape index (κ2) is 9.13. The van der Waals surface area contributed by atoms with E-state index in [1.165, 1.54) is 12.5 Å². The zero-order valence-electron chi connectivity index (χ0n) is 16.6. The topological polar surface area (TPSA) is 137 Å². The molecular weight excluding hydrogens is 400 g/mol. The molecule has 1 fully saturated rings. The molecule has 0 aromatic carbocycles. The molecule has 0 unspecified atom stereocenters. The minimum absolute atomic E-state index is 0.110. The van der Waals surface area contributed by atoms with Gasteiger partial charge >= 0.3 is 0 Å². The Bertz CT molecular complexity index is 1080. The van der Waals surface area contributed by atoms with E-state index in [1.54, 1.807) is 30.5 Å². The van der Waals surface area contributed by atoms with Crippen molar-refractivity contribution in [2.24, 2.45) is 5.92 Å². The average molecular weight is 420 g/mol. The van der Waals surface area contributed by atoms with Crippen LogP contribution in [-0.2, 0) is 9.59 Å². The summed E-state index contributed by atoms with van der Waals surface area (Å²) in [7, 11) is 0. The number of aromatic nitrogens is 2. The first kappa shape index (κ1) is 20.2. The molecule has 2 N–H and O–H groups in total. The highest BCUT2D eigenvalue weighted by molar-refractivity contribution is 5.94. The summed E-state index contributed by atoms with van der Waals surface area (Å²) in [5.41, 5.74) is 0.755. The summed E-state index contributed by atoms with van der Waals surface area (Å²) >= 11 is 0.